The molecule has 0 bridgehead atoms. The summed E-state index contributed by atoms with van der Waals surface area (Å²) >= 11 is 0. The van der Waals surface area contributed by atoms with Crippen molar-refractivity contribution < 1.29 is 9.59 Å². The third kappa shape index (κ3) is 2.76. The van der Waals surface area contributed by atoms with Crippen LogP contribution in [-0.4, -0.2) is 54.3 Å². The smallest absolute Gasteiger partial charge is 0.254 e. The first-order chi connectivity index (χ1) is 10.2. The fourth-order valence-corrected chi connectivity index (χ4v) is 2.77. The van der Waals surface area contributed by atoms with E-state index in [1.54, 1.807) is 12.1 Å². The highest BCUT2D eigenvalue weighted by molar-refractivity contribution is 6.02. The second-order valence-electron chi connectivity index (χ2n) is 5.37. The number of carbonyl (C=O) groups excluding carboxylic acids is 2. The van der Waals surface area contributed by atoms with Gasteiger partial charge in [0.15, 0.2) is 0 Å². The van der Waals surface area contributed by atoms with Crippen molar-refractivity contribution in [1.82, 2.24) is 9.80 Å². The summed E-state index contributed by atoms with van der Waals surface area (Å²) in [6.07, 6.45) is 5.70. The van der Waals surface area contributed by atoms with Crippen LogP contribution in [0.5, 0.6) is 0 Å². The Morgan fingerprint density at radius 3 is 2.76 bits per heavy atom. The van der Waals surface area contributed by atoms with Gasteiger partial charge < -0.3 is 10.2 Å². The van der Waals surface area contributed by atoms with Crippen molar-refractivity contribution in [1.29, 1.82) is 0 Å². The van der Waals surface area contributed by atoms with E-state index >= 15 is 0 Å². The predicted molar refractivity (Wildman–Crippen MR) is 80.0 cm³/mol. The van der Waals surface area contributed by atoms with Gasteiger partial charge in [0.1, 0.15) is 0 Å². The van der Waals surface area contributed by atoms with Crippen molar-refractivity contribution in [2.45, 2.75) is 6.42 Å². The average Bonchev–Trinajstić information content (AvgIpc) is 2.86. The summed E-state index contributed by atoms with van der Waals surface area (Å²) in [4.78, 5) is 27.9. The predicted octanol–water partition coefficient (Wildman–Crippen LogP) is 0.572. The zero-order chi connectivity index (χ0) is 14.8. The zero-order valence-corrected chi connectivity index (χ0v) is 11.8. The lowest BCUT2D eigenvalue weighted by Crippen LogP contribution is -2.48. The molecule has 3 rings (SSSR count). The van der Waals surface area contributed by atoms with Crippen LogP contribution in [0.3, 0.4) is 0 Å². The molecule has 1 N–H and O–H groups in total. The summed E-state index contributed by atoms with van der Waals surface area (Å²) < 4.78 is 0. The highest BCUT2D eigenvalue weighted by atomic mass is 16.2. The molecule has 2 aliphatic rings. The number of terminal acetylenes is 1. The molecule has 0 aliphatic carbocycles. The molecule has 0 aromatic heterocycles. The zero-order valence-electron chi connectivity index (χ0n) is 11.8. The number of fused-ring (bicyclic) bond motifs is 1. The number of hydrogen-bond acceptors (Lipinski definition) is 3. The molecule has 108 valence electrons. The number of amides is 2. The maximum Gasteiger partial charge on any atom is 0.254 e. The summed E-state index contributed by atoms with van der Waals surface area (Å²) in [7, 11) is 0. The summed E-state index contributed by atoms with van der Waals surface area (Å²) in [6.45, 7) is 3.61. The van der Waals surface area contributed by atoms with E-state index in [2.05, 4.69) is 16.1 Å². The van der Waals surface area contributed by atoms with Gasteiger partial charge >= 0.3 is 0 Å². The third-order valence-corrected chi connectivity index (χ3v) is 3.96. The Balaban J connectivity index is 1.68. The maximum atomic E-state index is 12.5. The van der Waals surface area contributed by atoms with Gasteiger partial charge in [-0.15, -0.1) is 6.42 Å². The first-order valence-electron chi connectivity index (χ1n) is 7.05. The topological polar surface area (TPSA) is 52.6 Å². The van der Waals surface area contributed by atoms with Gasteiger partial charge in [-0.3, -0.25) is 14.5 Å². The van der Waals surface area contributed by atoms with Crippen molar-refractivity contribution in [2.75, 3.05) is 38.0 Å². The average molecular weight is 283 g/mol. The van der Waals surface area contributed by atoms with E-state index < -0.39 is 0 Å². The molecule has 21 heavy (non-hydrogen) atoms. The van der Waals surface area contributed by atoms with Crippen LogP contribution in [0, 0.1) is 12.3 Å². The van der Waals surface area contributed by atoms with E-state index in [1.807, 2.05) is 11.0 Å². The summed E-state index contributed by atoms with van der Waals surface area (Å²) in [5, 5.41) is 2.78. The van der Waals surface area contributed by atoms with E-state index in [1.165, 1.54) is 0 Å². The molecule has 0 saturated carbocycles. The molecule has 2 heterocycles. The normalized spacial score (nSPS) is 18.0. The molecule has 0 unspecified atom stereocenters. The fourth-order valence-electron chi connectivity index (χ4n) is 2.77. The fraction of sp³-hybridized carbons (Fsp3) is 0.375. The third-order valence-electron chi connectivity index (χ3n) is 3.96. The van der Waals surface area contributed by atoms with Crippen molar-refractivity contribution in [2.24, 2.45) is 0 Å². The number of benzene rings is 1. The van der Waals surface area contributed by atoms with Crippen LogP contribution in [0.15, 0.2) is 18.2 Å². The number of hydrogen-bond donors (Lipinski definition) is 1. The first-order valence-corrected chi connectivity index (χ1v) is 7.05. The van der Waals surface area contributed by atoms with E-state index in [-0.39, 0.29) is 11.8 Å². The second kappa shape index (κ2) is 5.58. The van der Waals surface area contributed by atoms with Gasteiger partial charge in [0.25, 0.3) is 5.91 Å². The maximum absolute atomic E-state index is 12.5. The molecule has 5 heteroatoms. The molecule has 5 nitrogen and oxygen atoms in total. The lowest BCUT2D eigenvalue weighted by Gasteiger charge is -2.33. The number of carbonyl (C=O) groups is 2. The lowest BCUT2D eigenvalue weighted by atomic mass is 10.1. The Bertz CT molecular complexity index is 625. The van der Waals surface area contributed by atoms with Crippen LogP contribution < -0.4 is 5.32 Å². The Morgan fingerprint density at radius 2 is 2.05 bits per heavy atom. The lowest BCUT2D eigenvalue weighted by molar-refractivity contribution is -0.115. The van der Waals surface area contributed by atoms with Crippen molar-refractivity contribution in [3.63, 3.8) is 0 Å². The first kappa shape index (κ1) is 13.7. The highest BCUT2D eigenvalue weighted by Gasteiger charge is 2.24. The highest BCUT2D eigenvalue weighted by Crippen LogP contribution is 2.24. The van der Waals surface area contributed by atoms with E-state index in [4.69, 9.17) is 6.42 Å². The summed E-state index contributed by atoms with van der Waals surface area (Å²) in [5.41, 5.74) is 2.34. The minimum atomic E-state index is -0.0162. The molecular formula is C16H17N3O2. The SMILES string of the molecule is C#CCN1CCN(C(=O)c2ccc3c(c2)NC(=O)C3)CC1. The molecule has 1 aromatic rings. The van der Waals surface area contributed by atoms with Crippen LogP contribution in [0.1, 0.15) is 15.9 Å². The standard InChI is InChI=1S/C16H17N3O2/c1-2-5-18-6-8-19(9-7-18)16(21)13-4-3-12-11-15(20)17-14(12)10-13/h1,3-4,10H,5-9,11H2,(H,17,20). The van der Waals surface area contributed by atoms with Crippen LogP contribution in [0.2, 0.25) is 0 Å². The van der Waals surface area contributed by atoms with Gasteiger partial charge in [0.2, 0.25) is 5.91 Å². The molecule has 2 amide bonds. The Morgan fingerprint density at radius 1 is 1.29 bits per heavy atom. The molecular weight excluding hydrogens is 266 g/mol. The Hall–Kier alpha value is -2.32. The molecule has 0 atom stereocenters. The molecule has 1 saturated heterocycles. The van der Waals surface area contributed by atoms with Gasteiger partial charge in [-0.1, -0.05) is 12.0 Å². The number of nitrogens with one attached hydrogen (secondary N) is 1. The van der Waals surface area contributed by atoms with Gasteiger partial charge in [0.05, 0.1) is 13.0 Å². The van der Waals surface area contributed by atoms with Gasteiger partial charge in [-0.25, -0.2) is 0 Å². The minimum Gasteiger partial charge on any atom is -0.336 e. The number of rotatable bonds is 2. The van der Waals surface area contributed by atoms with Gasteiger partial charge in [0, 0.05) is 37.4 Å². The van der Waals surface area contributed by atoms with Crippen molar-refractivity contribution in [3.8, 4) is 12.3 Å². The van der Waals surface area contributed by atoms with Crippen LogP contribution in [0.4, 0.5) is 5.69 Å². The summed E-state index contributed by atoms with van der Waals surface area (Å²) in [5.74, 6) is 2.62. The molecule has 2 aliphatic heterocycles. The largest absolute Gasteiger partial charge is 0.336 e. The van der Waals surface area contributed by atoms with Crippen LogP contribution >= 0.6 is 0 Å². The molecule has 1 aromatic carbocycles. The van der Waals surface area contributed by atoms with E-state index in [0.717, 1.165) is 24.3 Å². The summed E-state index contributed by atoms with van der Waals surface area (Å²) in [6, 6.07) is 5.43. The monoisotopic (exact) mass is 283 g/mol. The Labute approximate surface area is 123 Å². The Kier molecular flexibility index (Phi) is 3.63. The molecule has 0 radical (unpaired) electrons. The quantitative estimate of drug-likeness (QED) is 0.808. The number of nitrogens with zero attached hydrogens (tertiary/aromatic N) is 2. The van der Waals surface area contributed by atoms with E-state index in [9.17, 15) is 9.59 Å². The van der Waals surface area contributed by atoms with Gasteiger partial charge in [-0.2, -0.15) is 0 Å². The minimum absolute atomic E-state index is 0.0132. The number of anilines is 1. The number of piperazine rings is 1. The van der Waals surface area contributed by atoms with Gasteiger partial charge in [-0.05, 0) is 17.7 Å². The second-order valence-corrected chi connectivity index (χ2v) is 5.37. The van der Waals surface area contributed by atoms with Crippen LogP contribution in [0.25, 0.3) is 0 Å². The van der Waals surface area contributed by atoms with Crippen LogP contribution in [-0.2, 0) is 11.2 Å². The van der Waals surface area contributed by atoms with E-state index in [0.29, 0.717) is 31.6 Å². The molecule has 1 fully saturated rings. The van der Waals surface area contributed by atoms with Crippen molar-refractivity contribution >= 4 is 17.5 Å². The molecule has 0 spiro atoms. The van der Waals surface area contributed by atoms with Crippen molar-refractivity contribution in [3.05, 3.63) is 29.3 Å².